The Balaban J connectivity index is 0.00000180. The molecule has 0 atom stereocenters. The summed E-state index contributed by atoms with van der Waals surface area (Å²) in [5.41, 5.74) is 0.183. The van der Waals surface area contributed by atoms with Gasteiger partial charge in [-0.25, -0.2) is 0 Å². The first kappa shape index (κ1) is 16.3. The van der Waals surface area contributed by atoms with Gasteiger partial charge in [0.2, 0.25) is 0 Å². The molecule has 0 aliphatic heterocycles. The van der Waals surface area contributed by atoms with Crippen LogP contribution in [0.1, 0.15) is 37.7 Å². The second-order valence-electron chi connectivity index (χ2n) is 4.89. The minimum atomic E-state index is -0.766. The van der Waals surface area contributed by atoms with Crippen LogP contribution in [0.2, 0.25) is 5.02 Å². The number of carbonyl (C=O) groups is 1. The normalized spacial score (nSPS) is 17.5. The van der Waals surface area contributed by atoms with Gasteiger partial charge in [0.05, 0.1) is 0 Å². The molecule has 0 spiro atoms. The summed E-state index contributed by atoms with van der Waals surface area (Å²) in [5.74, 6) is -0.741. The second-order valence-corrected chi connectivity index (χ2v) is 5.30. The number of rotatable bonds is 4. The predicted octanol–water partition coefficient (Wildman–Crippen LogP) is 3.64. The van der Waals surface area contributed by atoms with E-state index in [0.717, 1.165) is 24.8 Å². The van der Waals surface area contributed by atoms with E-state index in [2.05, 4.69) is 5.32 Å². The third kappa shape index (κ3) is 3.85. The van der Waals surface area contributed by atoms with Crippen LogP contribution in [0.3, 0.4) is 0 Å². The van der Waals surface area contributed by atoms with Crippen LogP contribution in [0.5, 0.6) is 0 Å². The van der Waals surface area contributed by atoms with Gasteiger partial charge >= 0.3 is 5.97 Å². The molecular formula is C14H19Cl2NO2. The molecule has 1 aliphatic carbocycles. The second kappa shape index (κ2) is 7.13. The summed E-state index contributed by atoms with van der Waals surface area (Å²) in [4.78, 5) is 11.5. The fourth-order valence-electron chi connectivity index (χ4n) is 2.53. The molecule has 0 radical (unpaired) electrons. The molecule has 1 aliphatic rings. The van der Waals surface area contributed by atoms with Gasteiger partial charge in [0.15, 0.2) is 0 Å². The fourth-order valence-corrected chi connectivity index (χ4v) is 2.73. The van der Waals surface area contributed by atoms with Gasteiger partial charge in [-0.2, -0.15) is 0 Å². The fraction of sp³-hybridized carbons (Fsp3) is 0.500. The van der Waals surface area contributed by atoms with Gasteiger partial charge in [0.1, 0.15) is 5.54 Å². The van der Waals surface area contributed by atoms with Gasteiger partial charge in [-0.15, -0.1) is 12.4 Å². The molecule has 0 heterocycles. The quantitative estimate of drug-likeness (QED) is 0.893. The first-order chi connectivity index (χ1) is 8.64. The standard InChI is InChI=1S/C14H18ClNO2.ClH/c15-12-7-3-2-6-11(12)10-16-14(13(17)18)8-4-1-5-9-14;/h2-3,6-7,16H,1,4-5,8-10H2,(H,17,18);1H. The smallest absolute Gasteiger partial charge is 0.323 e. The Hall–Kier alpha value is -0.770. The zero-order valence-corrected chi connectivity index (χ0v) is 12.3. The number of hydrogen-bond donors (Lipinski definition) is 2. The van der Waals surface area contributed by atoms with Crippen LogP contribution in [0.4, 0.5) is 0 Å². The van der Waals surface area contributed by atoms with Gasteiger partial charge in [0, 0.05) is 11.6 Å². The molecule has 2 N–H and O–H groups in total. The third-order valence-electron chi connectivity index (χ3n) is 3.69. The molecule has 0 bridgehead atoms. The van der Waals surface area contributed by atoms with Crippen LogP contribution in [0.15, 0.2) is 24.3 Å². The molecule has 0 amide bonds. The monoisotopic (exact) mass is 303 g/mol. The van der Waals surface area contributed by atoms with E-state index in [9.17, 15) is 9.90 Å². The van der Waals surface area contributed by atoms with E-state index in [4.69, 9.17) is 11.6 Å². The van der Waals surface area contributed by atoms with Gasteiger partial charge in [0.25, 0.3) is 0 Å². The highest BCUT2D eigenvalue weighted by Gasteiger charge is 2.38. The van der Waals surface area contributed by atoms with Crippen LogP contribution < -0.4 is 5.32 Å². The Kier molecular flexibility index (Phi) is 6.11. The number of benzene rings is 1. The van der Waals surface area contributed by atoms with Crippen LogP contribution in [0, 0.1) is 0 Å². The van der Waals surface area contributed by atoms with E-state index in [1.54, 1.807) is 0 Å². The Morgan fingerprint density at radius 2 is 1.89 bits per heavy atom. The Bertz CT molecular complexity index is 431. The van der Waals surface area contributed by atoms with E-state index in [1.165, 1.54) is 0 Å². The Morgan fingerprint density at radius 1 is 1.26 bits per heavy atom. The van der Waals surface area contributed by atoms with Gasteiger partial charge < -0.3 is 5.11 Å². The highest BCUT2D eigenvalue weighted by Crippen LogP contribution is 2.29. The van der Waals surface area contributed by atoms with Crippen LogP contribution in [-0.4, -0.2) is 16.6 Å². The number of aliphatic carboxylic acids is 1. The number of hydrogen-bond acceptors (Lipinski definition) is 2. The topological polar surface area (TPSA) is 49.3 Å². The molecule has 0 saturated heterocycles. The maximum Gasteiger partial charge on any atom is 0.323 e. The van der Waals surface area contributed by atoms with Crippen LogP contribution >= 0.6 is 24.0 Å². The Labute approximate surface area is 124 Å². The first-order valence-electron chi connectivity index (χ1n) is 6.36. The molecule has 2 rings (SSSR count). The lowest BCUT2D eigenvalue weighted by molar-refractivity contribution is -0.146. The average Bonchev–Trinajstić information content (AvgIpc) is 2.39. The van der Waals surface area contributed by atoms with Gasteiger partial charge in [-0.1, -0.05) is 49.1 Å². The van der Waals surface area contributed by atoms with Crippen molar-refractivity contribution < 1.29 is 9.90 Å². The summed E-state index contributed by atoms with van der Waals surface area (Å²) in [5, 5.41) is 13.3. The van der Waals surface area contributed by atoms with Crippen molar-refractivity contribution in [3.05, 3.63) is 34.9 Å². The molecule has 1 aromatic rings. The lowest BCUT2D eigenvalue weighted by Gasteiger charge is -2.34. The van der Waals surface area contributed by atoms with Gasteiger partial charge in [-0.3, -0.25) is 10.1 Å². The van der Waals surface area contributed by atoms with E-state index >= 15 is 0 Å². The molecule has 5 heteroatoms. The Morgan fingerprint density at radius 3 is 2.47 bits per heavy atom. The molecular weight excluding hydrogens is 285 g/mol. The number of nitrogens with one attached hydrogen (secondary N) is 1. The summed E-state index contributed by atoms with van der Waals surface area (Å²) in [6, 6.07) is 7.54. The van der Waals surface area contributed by atoms with Crippen molar-refractivity contribution in [2.24, 2.45) is 0 Å². The highest BCUT2D eigenvalue weighted by molar-refractivity contribution is 6.31. The molecule has 0 unspecified atom stereocenters. The summed E-state index contributed by atoms with van der Waals surface area (Å²) >= 11 is 6.08. The van der Waals surface area contributed by atoms with Crippen molar-refractivity contribution in [2.45, 2.75) is 44.2 Å². The molecule has 0 aromatic heterocycles. The van der Waals surface area contributed by atoms with E-state index in [0.29, 0.717) is 24.4 Å². The third-order valence-corrected chi connectivity index (χ3v) is 4.06. The van der Waals surface area contributed by atoms with Gasteiger partial charge in [-0.05, 0) is 24.5 Å². The molecule has 19 heavy (non-hydrogen) atoms. The SMILES string of the molecule is Cl.O=C(O)C1(NCc2ccccc2Cl)CCCCC1. The average molecular weight is 304 g/mol. The molecule has 3 nitrogen and oxygen atoms in total. The lowest BCUT2D eigenvalue weighted by atomic mass is 9.81. The van der Waals surface area contributed by atoms with Crippen molar-refractivity contribution in [1.29, 1.82) is 0 Å². The molecule has 1 saturated carbocycles. The molecule has 1 aromatic carbocycles. The highest BCUT2D eigenvalue weighted by atomic mass is 35.5. The largest absolute Gasteiger partial charge is 0.480 e. The van der Waals surface area contributed by atoms with Crippen molar-refractivity contribution >= 4 is 30.0 Å². The van der Waals surface area contributed by atoms with E-state index in [-0.39, 0.29) is 12.4 Å². The maximum absolute atomic E-state index is 11.5. The number of halogens is 2. The molecule has 1 fully saturated rings. The van der Waals surface area contributed by atoms with Crippen molar-refractivity contribution in [3.63, 3.8) is 0 Å². The summed E-state index contributed by atoms with van der Waals surface area (Å²) in [6.07, 6.45) is 4.48. The minimum Gasteiger partial charge on any atom is -0.480 e. The predicted molar refractivity (Wildman–Crippen MR) is 79.0 cm³/mol. The summed E-state index contributed by atoms with van der Waals surface area (Å²) < 4.78 is 0. The molecule has 106 valence electrons. The van der Waals surface area contributed by atoms with Crippen LogP contribution in [-0.2, 0) is 11.3 Å². The van der Waals surface area contributed by atoms with E-state index in [1.807, 2.05) is 24.3 Å². The van der Waals surface area contributed by atoms with Crippen LogP contribution in [0.25, 0.3) is 0 Å². The number of carboxylic acids is 1. The zero-order valence-electron chi connectivity index (χ0n) is 10.7. The maximum atomic E-state index is 11.5. The number of carboxylic acid groups (broad SMARTS) is 1. The zero-order chi connectivity index (χ0) is 13.0. The van der Waals surface area contributed by atoms with E-state index < -0.39 is 11.5 Å². The van der Waals surface area contributed by atoms with Crippen molar-refractivity contribution in [1.82, 2.24) is 5.32 Å². The first-order valence-corrected chi connectivity index (χ1v) is 6.74. The van der Waals surface area contributed by atoms with Crippen molar-refractivity contribution in [3.8, 4) is 0 Å². The lowest BCUT2D eigenvalue weighted by Crippen LogP contribution is -2.52. The minimum absolute atomic E-state index is 0. The summed E-state index contributed by atoms with van der Waals surface area (Å²) in [6.45, 7) is 0.506. The summed E-state index contributed by atoms with van der Waals surface area (Å²) in [7, 11) is 0. The van der Waals surface area contributed by atoms with Crippen molar-refractivity contribution in [2.75, 3.05) is 0 Å².